The lowest BCUT2D eigenvalue weighted by Gasteiger charge is -2.35. The van der Waals surface area contributed by atoms with Crippen molar-refractivity contribution in [3.05, 3.63) is 57.9 Å². The zero-order valence-electron chi connectivity index (χ0n) is 24.1. The normalized spacial score (nSPS) is 22.1. The molecule has 0 bridgehead atoms. The fourth-order valence-electron chi connectivity index (χ4n) is 5.90. The molecule has 40 heavy (non-hydrogen) atoms. The van der Waals surface area contributed by atoms with Crippen LogP contribution in [0.5, 0.6) is 0 Å². The molecule has 1 amide bonds. The number of hydrogen-bond acceptors (Lipinski definition) is 7. The van der Waals surface area contributed by atoms with Gasteiger partial charge in [-0.05, 0) is 63.6 Å². The van der Waals surface area contributed by atoms with E-state index in [4.69, 9.17) is 32.2 Å². The van der Waals surface area contributed by atoms with Gasteiger partial charge in [0.1, 0.15) is 5.82 Å². The second-order valence-corrected chi connectivity index (χ2v) is 12.6. The van der Waals surface area contributed by atoms with Crippen molar-refractivity contribution in [2.45, 2.75) is 83.6 Å². The number of rotatable bonds is 7. The van der Waals surface area contributed by atoms with Crippen LogP contribution in [0.3, 0.4) is 0 Å². The SMILES string of the molecule is Cc1cn2nc(C3CCCCN3C(=O)c3cc(Cl)ccc3C(C)C)cc2nc1N1CC(N)C(OC(C)(C)CO)C1. The Morgan fingerprint density at radius 3 is 2.75 bits per heavy atom. The highest BCUT2D eigenvalue weighted by molar-refractivity contribution is 6.31. The molecule has 3 atom stereocenters. The number of fused-ring (bicyclic) bond motifs is 1. The largest absolute Gasteiger partial charge is 0.393 e. The lowest BCUT2D eigenvalue weighted by atomic mass is 9.93. The summed E-state index contributed by atoms with van der Waals surface area (Å²) in [4.78, 5) is 23.0. The predicted molar refractivity (Wildman–Crippen MR) is 157 cm³/mol. The van der Waals surface area contributed by atoms with Gasteiger partial charge in [-0.15, -0.1) is 0 Å². The highest BCUT2D eigenvalue weighted by atomic mass is 35.5. The first-order valence-electron chi connectivity index (χ1n) is 14.2. The number of anilines is 1. The van der Waals surface area contributed by atoms with E-state index >= 15 is 0 Å². The minimum Gasteiger partial charge on any atom is -0.393 e. The summed E-state index contributed by atoms with van der Waals surface area (Å²) in [7, 11) is 0. The number of likely N-dealkylation sites (tertiary alicyclic amines) is 1. The van der Waals surface area contributed by atoms with E-state index in [1.54, 1.807) is 6.07 Å². The predicted octanol–water partition coefficient (Wildman–Crippen LogP) is 4.49. The second kappa shape index (κ2) is 11.3. The van der Waals surface area contributed by atoms with E-state index in [0.29, 0.717) is 30.2 Å². The molecule has 0 radical (unpaired) electrons. The third kappa shape index (κ3) is 5.70. The molecule has 216 valence electrons. The molecule has 2 aliphatic heterocycles. The summed E-state index contributed by atoms with van der Waals surface area (Å²) in [6, 6.07) is 7.29. The Hall–Kier alpha value is -2.72. The number of benzene rings is 1. The van der Waals surface area contributed by atoms with Crippen LogP contribution >= 0.6 is 11.6 Å². The van der Waals surface area contributed by atoms with Crippen molar-refractivity contribution in [1.82, 2.24) is 19.5 Å². The highest BCUT2D eigenvalue weighted by Gasteiger charge is 2.37. The third-order valence-electron chi connectivity index (χ3n) is 8.06. The Morgan fingerprint density at radius 2 is 2.02 bits per heavy atom. The van der Waals surface area contributed by atoms with Gasteiger partial charge >= 0.3 is 0 Å². The maximum Gasteiger partial charge on any atom is 0.254 e. The van der Waals surface area contributed by atoms with E-state index < -0.39 is 5.60 Å². The molecule has 2 aromatic heterocycles. The summed E-state index contributed by atoms with van der Waals surface area (Å²) >= 11 is 6.33. The molecule has 2 fully saturated rings. The molecule has 9 nitrogen and oxygen atoms in total. The number of amides is 1. The van der Waals surface area contributed by atoms with Gasteiger partial charge in [-0.3, -0.25) is 4.79 Å². The molecule has 2 saturated heterocycles. The number of ether oxygens (including phenoxy) is 1. The van der Waals surface area contributed by atoms with Crippen LogP contribution in [0.15, 0.2) is 30.5 Å². The number of nitrogens with zero attached hydrogens (tertiary/aromatic N) is 5. The number of aliphatic hydroxyl groups excluding tert-OH is 1. The van der Waals surface area contributed by atoms with Gasteiger partial charge in [0.25, 0.3) is 5.91 Å². The molecule has 0 spiro atoms. The number of halogens is 1. The summed E-state index contributed by atoms with van der Waals surface area (Å²) < 4.78 is 7.92. The van der Waals surface area contributed by atoms with Crippen LogP contribution in [-0.2, 0) is 4.74 Å². The number of aliphatic hydroxyl groups is 1. The minimum absolute atomic E-state index is 0.000634. The topological polar surface area (TPSA) is 109 Å². The van der Waals surface area contributed by atoms with Gasteiger partial charge in [-0.25, -0.2) is 9.50 Å². The molecule has 1 aromatic carbocycles. The number of aromatic nitrogens is 3. The van der Waals surface area contributed by atoms with Crippen LogP contribution in [-0.4, -0.2) is 74.5 Å². The van der Waals surface area contributed by atoms with E-state index in [9.17, 15) is 9.90 Å². The summed E-state index contributed by atoms with van der Waals surface area (Å²) in [5.41, 5.74) is 9.99. The van der Waals surface area contributed by atoms with E-state index in [1.807, 2.05) is 54.6 Å². The number of carbonyl (C=O) groups excluding carboxylic acids is 1. The van der Waals surface area contributed by atoms with Crippen molar-refractivity contribution in [1.29, 1.82) is 0 Å². The lowest BCUT2D eigenvalue weighted by molar-refractivity contribution is -0.0938. The van der Waals surface area contributed by atoms with Gasteiger partial charge in [0.2, 0.25) is 0 Å². The van der Waals surface area contributed by atoms with Crippen LogP contribution in [0.1, 0.15) is 86.1 Å². The van der Waals surface area contributed by atoms with Crippen LogP contribution < -0.4 is 10.6 Å². The molecule has 2 aliphatic rings. The van der Waals surface area contributed by atoms with Gasteiger partial charge in [0.15, 0.2) is 5.65 Å². The van der Waals surface area contributed by atoms with E-state index in [1.165, 1.54) is 0 Å². The summed E-state index contributed by atoms with van der Waals surface area (Å²) in [5, 5.41) is 15.1. The first-order chi connectivity index (χ1) is 19.0. The molecular formula is C30H41ClN6O3. The number of nitrogens with two attached hydrogens (primary N) is 1. The van der Waals surface area contributed by atoms with Crippen molar-refractivity contribution < 1.29 is 14.6 Å². The van der Waals surface area contributed by atoms with Crippen LogP contribution in [0.2, 0.25) is 5.02 Å². The Morgan fingerprint density at radius 1 is 1.25 bits per heavy atom. The Kier molecular flexibility index (Phi) is 8.12. The van der Waals surface area contributed by atoms with Crippen molar-refractivity contribution in [3.63, 3.8) is 0 Å². The second-order valence-electron chi connectivity index (χ2n) is 12.2. The number of hydrogen-bond donors (Lipinski definition) is 2. The smallest absolute Gasteiger partial charge is 0.254 e. The number of piperidine rings is 1. The van der Waals surface area contributed by atoms with Gasteiger partial charge in [-0.1, -0.05) is 31.5 Å². The summed E-state index contributed by atoms with van der Waals surface area (Å²) in [5.74, 6) is 1.05. The highest BCUT2D eigenvalue weighted by Crippen LogP contribution is 2.35. The first kappa shape index (κ1) is 28.8. The van der Waals surface area contributed by atoms with Crippen molar-refractivity contribution in [2.75, 3.05) is 31.1 Å². The zero-order chi connectivity index (χ0) is 28.8. The standard InChI is InChI=1S/C30H41ClN6O3/c1-18(2)21-10-9-20(31)12-22(21)29(39)36-11-7-6-8-25(36)24-13-27-33-28(19(3)14-37(27)34-24)35-15-23(32)26(16-35)40-30(4,5)17-38/h9-10,12-14,18,23,25-26,38H,6-8,11,15-17,32H2,1-5H3. The third-order valence-corrected chi connectivity index (χ3v) is 8.29. The van der Waals surface area contributed by atoms with E-state index in [-0.39, 0.29) is 36.6 Å². The molecule has 4 heterocycles. The van der Waals surface area contributed by atoms with Crippen LogP contribution in [0.4, 0.5) is 5.82 Å². The van der Waals surface area contributed by atoms with Gasteiger partial charge in [-0.2, -0.15) is 5.10 Å². The van der Waals surface area contributed by atoms with Crippen LogP contribution in [0, 0.1) is 6.92 Å². The molecule has 10 heteroatoms. The molecular weight excluding hydrogens is 528 g/mol. The van der Waals surface area contributed by atoms with Gasteiger partial charge in [0, 0.05) is 48.0 Å². The fourth-order valence-corrected chi connectivity index (χ4v) is 6.07. The maximum atomic E-state index is 13.9. The van der Waals surface area contributed by atoms with Crippen molar-refractivity contribution >= 4 is 29.0 Å². The van der Waals surface area contributed by atoms with Gasteiger partial charge in [0.05, 0.1) is 36.1 Å². The molecule has 0 saturated carbocycles. The van der Waals surface area contributed by atoms with E-state index in [0.717, 1.165) is 47.5 Å². The molecule has 3 unspecified atom stereocenters. The fraction of sp³-hybridized carbons (Fsp3) is 0.567. The Bertz CT molecular complexity index is 1390. The summed E-state index contributed by atoms with van der Waals surface area (Å²) in [6.45, 7) is 11.7. The van der Waals surface area contributed by atoms with E-state index in [2.05, 4.69) is 18.7 Å². The first-order valence-corrected chi connectivity index (χ1v) is 14.6. The number of carbonyl (C=O) groups is 1. The molecule has 3 aromatic rings. The monoisotopic (exact) mass is 568 g/mol. The number of aryl methyl sites for hydroxylation is 1. The Balaban J connectivity index is 1.43. The van der Waals surface area contributed by atoms with Crippen molar-refractivity contribution in [3.8, 4) is 0 Å². The lowest BCUT2D eigenvalue weighted by Crippen LogP contribution is -2.42. The van der Waals surface area contributed by atoms with Crippen molar-refractivity contribution in [2.24, 2.45) is 5.73 Å². The van der Waals surface area contributed by atoms with Crippen LogP contribution in [0.25, 0.3) is 5.65 Å². The molecule has 5 rings (SSSR count). The Labute approximate surface area is 241 Å². The molecule has 0 aliphatic carbocycles. The van der Waals surface area contributed by atoms with Gasteiger partial charge < -0.3 is 25.4 Å². The maximum absolute atomic E-state index is 13.9. The quantitative estimate of drug-likeness (QED) is 0.432. The average molecular weight is 569 g/mol. The summed E-state index contributed by atoms with van der Waals surface area (Å²) in [6.07, 6.45) is 4.62. The molecule has 3 N–H and O–H groups in total. The minimum atomic E-state index is -0.657. The average Bonchev–Trinajstić information content (AvgIpc) is 3.49. The zero-order valence-corrected chi connectivity index (χ0v) is 24.9.